The number of halogens is 3. The molecule has 3 rings (SSSR count). The number of carbonyl (C=O) groups excluding carboxylic acids is 1. The topological polar surface area (TPSA) is 38.7 Å². The van der Waals surface area contributed by atoms with Crippen molar-refractivity contribution in [1.29, 1.82) is 0 Å². The zero-order chi connectivity index (χ0) is 16.4. The van der Waals surface area contributed by atoms with Gasteiger partial charge < -0.3 is 4.74 Å². The van der Waals surface area contributed by atoms with Gasteiger partial charge in [0.1, 0.15) is 0 Å². The number of cyclic esters (lactones) is 1. The Bertz CT molecular complexity index is 808. The van der Waals surface area contributed by atoms with E-state index < -0.39 is 17.7 Å². The second-order valence-corrected chi connectivity index (χ2v) is 4.79. The molecule has 1 aliphatic rings. The first-order chi connectivity index (χ1) is 10.9. The smallest absolute Gasteiger partial charge is 0.402 e. The van der Waals surface area contributed by atoms with Gasteiger partial charge in [-0.2, -0.15) is 13.2 Å². The lowest BCUT2D eigenvalue weighted by atomic mass is 10.1. The molecular formula is C17H10F3NO2. The molecule has 0 fully saturated rings. The lowest BCUT2D eigenvalue weighted by molar-refractivity contribution is -0.137. The van der Waals surface area contributed by atoms with Crippen molar-refractivity contribution in [3.05, 3.63) is 77.0 Å². The number of benzene rings is 2. The number of alkyl halides is 3. The van der Waals surface area contributed by atoms with Gasteiger partial charge in [-0.3, -0.25) is 0 Å². The molecule has 2 aromatic rings. The number of esters is 1. The van der Waals surface area contributed by atoms with E-state index >= 15 is 0 Å². The molecule has 0 amide bonds. The third kappa shape index (κ3) is 3.15. The van der Waals surface area contributed by atoms with Crippen molar-refractivity contribution in [1.82, 2.24) is 0 Å². The number of nitrogens with zero attached hydrogens (tertiary/aromatic N) is 1. The van der Waals surface area contributed by atoms with Crippen LogP contribution in [0.15, 0.2) is 65.3 Å². The van der Waals surface area contributed by atoms with Gasteiger partial charge in [-0.25, -0.2) is 9.79 Å². The minimum atomic E-state index is -4.51. The van der Waals surface area contributed by atoms with Gasteiger partial charge in [0.25, 0.3) is 0 Å². The predicted octanol–water partition coefficient (Wildman–Crippen LogP) is 4.05. The fourth-order valence-corrected chi connectivity index (χ4v) is 2.14. The minimum absolute atomic E-state index is 0.0753. The van der Waals surface area contributed by atoms with E-state index in [0.717, 1.165) is 12.1 Å². The summed E-state index contributed by atoms with van der Waals surface area (Å²) >= 11 is 0. The highest BCUT2D eigenvalue weighted by Crippen LogP contribution is 2.33. The second-order valence-electron chi connectivity index (χ2n) is 4.79. The molecule has 0 radical (unpaired) electrons. The van der Waals surface area contributed by atoms with Gasteiger partial charge >= 0.3 is 12.1 Å². The molecule has 1 heterocycles. The molecule has 23 heavy (non-hydrogen) atoms. The van der Waals surface area contributed by atoms with Gasteiger partial charge in [0.2, 0.25) is 5.90 Å². The molecule has 2 aromatic carbocycles. The van der Waals surface area contributed by atoms with Crippen molar-refractivity contribution < 1.29 is 22.7 Å². The first-order valence-corrected chi connectivity index (χ1v) is 6.69. The molecule has 116 valence electrons. The van der Waals surface area contributed by atoms with Crippen LogP contribution in [0.1, 0.15) is 16.7 Å². The molecular weight excluding hydrogens is 307 g/mol. The summed E-state index contributed by atoms with van der Waals surface area (Å²) in [5.74, 6) is -0.702. The summed E-state index contributed by atoms with van der Waals surface area (Å²) in [6.07, 6.45) is -3.43. The fraction of sp³-hybridized carbons (Fsp3) is 0.0588. The van der Waals surface area contributed by atoms with Crippen LogP contribution < -0.4 is 0 Å². The SMILES string of the molecule is O=C1OC(c2ccccc2)=N/C1=C\c1ccccc1C(F)(F)F. The quantitative estimate of drug-likeness (QED) is 0.619. The Morgan fingerprint density at radius 3 is 2.30 bits per heavy atom. The van der Waals surface area contributed by atoms with Gasteiger partial charge in [-0.05, 0) is 29.8 Å². The molecule has 0 aromatic heterocycles. The number of carbonyl (C=O) groups is 1. The molecule has 0 spiro atoms. The van der Waals surface area contributed by atoms with E-state index in [2.05, 4.69) is 4.99 Å². The van der Waals surface area contributed by atoms with Crippen LogP contribution in [-0.2, 0) is 15.7 Å². The van der Waals surface area contributed by atoms with Crippen LogP contribution in [0, 0.1) is 0 Å². The van der Waals surface area contributed by atoms with Crippen molar-refractivity contribution in [2.24, 2.45) is 4.99 Å². The Labute approximate surface area is 129 Å². The molecule has 0 atom stereocenters. The summed E-state index contributed by atoms with van der Waals surface area (Å²) in [5, 5.41) is 0. The van der Waals surface area contributed by atoms with Crippen LogP contribution >= 0.6 is 0 Å². The lowest BCUT2D eigenvalue weighted by Crippen LogP contribution is -2.08. The summed E-state index contributed by atoms with van der Waals surface area (Å²) < 4.78 is 44.0. The predicted molar refractivity (Wildman–Crippen MR) is 78.5 cm³/mol. The third-order valence-electron chi connectivity index (χ3n) is 3.20. The van der Waals surface area contributed by atoms with Crippen LogP contribution in [0.25, 0.3) is 6.08 Å². The highest BCUT2D eigenvalue weighted by molar-refractivity contribution is 6.12. The number of rotatable bonds is 2. The molecule has 0 unspecified atom stereocenters. The molecule has 0 N–H and O–H groups in total. The van der Waals surface area contributed by atoms with Crippen LogP contribution in [0.3, 0.4) is 0 Å². The average molecular weight is 317 g/mol. The zero-order valence-electron chi connectivity index (χ0n) is 11.7. The van der Waals surface area contributed by atoms with E-state index in [1.165, 1.54) is 18.2 Å². The number of ether oxygens (including phenoxy) is 1. The number of hydrogen-bond acceptors (Lipinski definition) is 3. The molecule has 3 nitrogen and oxygen atoms in total. The maximum Gasteiger partial charge on any atom is 0.416 e. The molecule has 0 bridgehead atoms. The zero-order valence-corrected chi connectivity index (χ0v) is 11.7. The van der Waals surface area contributed by atoms with Gasteiger partial charge in [0.15, 0.2) is 5.70 Å². The second kappa shape index (κ2) is 5.72. The van der Waals surface area contributed by atoms with Crippen LogP contribution in [0.4, 0.5) is 13.2 Å². The highest BCUT2D eigenvalue weighted by atomic mass is 19.4. The van der Waals surface area contributed by atoms with E-state index in [-0.39, 0.29) is 17.2 Å². The van der Waals surface area contributed by atoms with E-state index in [4.69, 9.17) is 4.74 Å². The average Bonchev–Trinajstić information content (AvgIpc) is 2.89. The largest absolute Gasteiger partial charge is 0.416 e. The van der Waals surface area contributed by atoms with Crippen molar-refractivity contribution in [2.75, 3.05) is 0 Å². The summed E-state index contributed by atoms with van der Waals surface area (Å²) in [7, 11) is 0. The summed E-state index contributed by atoms with van der Waals surface area (Å²) in [5.41, 5.74) is -0.553. The molecule has 0 saturated heterocycles. The molecule has 1 aliphatic heterocycles. The van der Waals surface area contributed by atoms with E-state index in [1.807, 2.05) is 0 Å². The maximum absolute atomic E-state index is 13.0. The Morgan fingerprint density at radius 1 is 0.957 bits per heavy atom. The molecule has 0 saturated carbocycles. The first kappa shape index (κ1) is 15.0. The van der Waals surface area contributed by atoms with Crippen molar-refractivity contribution in [3.8, 4) is 0 Å². The summed E-state index contributed by atoms with van der Waals surface area (Å²) in [4.78, 5) is 15.8. The van der Waals surface area contributed by atoms with Gasteiger partial charge in [-0.15, -0.1) is 0 Å². The normalized spacial score (nSPS) is 16.4. The Balaban J connectivity index is 2.01. The molecule has 0 aliphatic carbocycles. The Morgan fingerprint density at radius 2 is 1.61 bits per heavy atom. The van der Waals surface area contributed by atoms with Crippen LogP contribution in [-0.4, -0.2) is 11.9 Å². The summed E-state index contributed by atoms with van der Waals surface area (Å²) in [6, 6.07) is 13.6. The lowest BCUT2D eigenvalue weighted by Gasteiger charge is -2.09. The van der Waals surface area contributed by atoms with E-state index in [9.17, 15) is 18.0 Å². The fourth-order valence-electron chi connectivity index (χ4n) is 2.14. The Kier molecular flexibility index (Phi) is 3.73. The first-order valence-electron chi connectivity index (χ1n) is 6.69. The minimum Gasteiger partial charge on any atom is -0.402 e. The van der Waals surface area contributed by atoms with E-state index in [0.29, 0.717) is 5.56 Å². The molecule has 6 heteroatoms. The van der Waals surface area contributed by atoms with Crippen LogP contribution in [0.2, 0.25) is 0 Å². The van der Waals surface area contributed by atoms with Crippen molar-refractivity contribution >= 4 is 17.9 Å². The maximum atomic E-state index is 13.0. The Hall–Kier alpha value is -2.89. The van der Waals surface area contributed by atoms with Crippen molar-refractivity contribution in [3.63, 3.8) is 0 Å². The summed E-state index contributed by atoms with van der Waals surface area (Å²) in [6.45, 7) is 0. The third-order valence-corrected chi connectivity index (χ3v) is 3.20. The van der Waals surface area contributed by atoms with Gasteiger partial charge in [0.05, 0.1) is 5.56 Å². The van der Waals surface area contributed by atoms with Crippen molar-refractivity contribution in [2.45, 2.75) is 6.18 Å². The number of hydrogen-bond donors (Lipinski definition) is 0. The highest BCUT2D eigenvalue weighted by Gasteiger charge is 2.33. The van der Waals surface area contributed by atoms with E-state index in [1.54, 1.807) is 30.3 Å². The van der Waals surface area contributed by atoms with Gasteiger partial charge in [-0.1, -0.05) is 36.4 Å². The van der Waals surface area contributed by atoms with Crippen LogP contribution in [0.5, 0.6) is 0 Å². The standard InChI is InChI=1S/C17H10F3NO2/c18-17(19,20)13-9-5-4-8-12(13)10-14-16(22)23-15(21-14)11-6-2-1-3-7-11/h1-10H/b14-10-. The number of aliphatic imine (C=N–C) groups is 1. The monoisotopic (exact) mass is 317 g/mol. The van der Waals surface area contributed by atoms with Gasteiger partial charge in [0, 0.05) is 5.56 Å².